The molecule has 1 aromatic carbocycles. The van der Waals surface area contributed by atoms with Crippen LogP contribution in [0.4, 0.5) is 10.5 Å². The molecule has 1 aliphatic carbocycles. The van der Waals surface area contributed by atoms with Crippen molar-refractivity contribution in [1.29, 1.82) is 0 Å². The molecule has 2 fully saturated rings. The fourth-order valence-electron chi connectivity index (χ4n) is 3.79. The van der Waals surface area contributed by atoms with Crippen molar-refractivity contribution in [3.63, 3.8) is 0 Å². The van der Waals surface area contributed by atoms with Gasteiger partial charge >= 0.3 is 6.03 Å². The zero-order valence-corrected chi connectivity index (χ0v) is 14.5. The van der Waals surface area contributed by atoms with Crippen LogP contribution in [-0.4, -0.2) is 34.9 Å². The van der Waals surface area contributed by atoms with Crippen molar-refractivity contribution in [1.82, 2.24) is 15.2 Å². The zero-order valence-electron chi connectivity index (χ0n) is 14.5. The highest BCUT2D eigenvalue weighted by Gasteiger charge is 2.61. The summed E-state index contributed by atoms with van der Waals surface area (Å²) in [4.78, 5) is 30.7. The predicted molar refractivity (Wildman–Crippen MR) is 98.3 cm³/mol. The van der Waals surface area contributed by atoms with E-state index in [9.17, 15) is 9.59 Å². The molecular weight excluding hydrogens is 328 g/mol. The highest BCUT2D eigenvalue weighted by molar-refractivity contribution is 5.95. The standard InChI is InChI=1S/C20H22N4O2/c25-18(23-16-7-4-9-21-13-16)17-11-20(17)8-10-24(14-20)19(26)22-12-15-5-2-1-3-6-15/h1-7,9,13,17H,8,10-12,14H2,(H,22,26)(H,23,25)/t17-,20+/m1/s1. The normalized spacial score (nSPS) is 23.7. The number of hydrogen-bond acceptors (Lipinski definition) is 3. The minimum Gasteiger partial charge on any atom is -0.334 e. The van der Waals surface area contributed by atoms with Crippen LogP contribution >= 0.6 is 0 Å². The highest BCUT2D eigenvalue weighted by atomic mass is 16.2. The van der Waals surface area contributed by atoms with E-state index in [4.69, 9.17) is 0 Å². The maximum absolute atomic E-state index is 12.5. The molecule has 2 N–H and O–H groups in total. The van der Waals surface area contributed by atoms with Crippen LogP contribution in [0.15, 0.2) is 54.9 Å². The van der Waals surface area contributed by atoms with Crippen LogP contribution in [0.3, 0.4) is 0 Å². The van der Waals surface area contributed by atoms with Gasteiger partial charge in [-0.05, 0) is 30.5 Å². The topological polar surface area (TPSA) is 74.3 Å². The number of aromatic nitrogens is 1. The first-order valence-electron chi connectivity index (χ1n) is 8.94. The smallest absolute Gasteiger partial charge is 0.317 e. The Morgan fingerprint density at radius 1 is 1.19 bits per heavy atom. The molecule has 26 heavy (non-hydrogen) atoms. The van der Waals surface area contributed by atoms with E-state index in [1.54, 1.807) is 18.5 Å². The van der Waals surface area contributed by atoms with Gasteiger partial charge in [0.2, 0.25) is 5.91 Å². The summed E-state index contributed by atoms with van der Waals surface area (Å²) in [5.41, 5.74) is 1.75. The number of nitrogens with one attached hydrogen (secondary N) is 2. The lowest BCUT2D eigenvalue weighted by Gasteiger charge is -2.17. The van der Waals surface area contributed by atoms with Gasteiger partial charge in [0.25, 0.3) is 0 Å². The number of likely N-dealkylation sites (tertiary alicyclic amines) is 1. The first kappa shape index (κ1) is 16.6. The Balaban J connectivity index is 1.28. The molecule has 6 heteroatoms. The van der Waals surface area contributed by atoms with Crippen LogP contribution in [0.25, 0.3) is 0 Å². The Morgan fingerprint density at radius 3 is 2.81 bits per heavy atom. The average molecular weight is 350 g/mol. The van der Waals surface area contributed by atoms with E-state index in [0.717, 1.165) is 24.1 Å². The molecule has 1 saturated heterocycles. The van der Waals surface area contributed by atoms with Crippen molar-refractivity contribution in [3.8, 4) is 0 Å². The van der Waals surface area contributed by atoms with Gasteiger partial charge in [-0.15, -0.1) is 0 Å². The first-order chi connectivity index (χ1) is 12.7. The molecule has 6 nitrogen and oxygen atoms in total. The van der Waals surface area contributed by atoms with E-state index in [1.165, 1.54) is 0 Å². The summed E-state index contributed by atoms with van der Waals surface area (Å²) in [6.07, 6.45) is 5.06. The van der Waals surface area contributed by atoms with Gasteiger partial charge in [0, 0.05) is 37.2 Å². The van der Waals surface area contributed by atoms with Crippen molar-refractivity contribution in [2.24, 2.45) is 11.3 Å². The molecule has 1 saturated carbocycles. The van der Waals surface area contributed by atoms with Gasteiger partial charge in [0.05, 0.1) is 11.9 Å². The van der Waals surface area contributed by atoms with E-state index in [0.29, 0.717) is 19.6 Å². The number of carbonyl (C=O) groups excluding carboxylic acids is 2. The van der Waals surface area contributed by atoms with E-state index in [2.05, 4.69) is 15.6 Å². The lowest BCUT2D eigenvalue weighted by atomic mass is 10.0. The number of amides is 3. The number of anilines is 1. The Bertz CT molecular complexity index is 796. The number of nitrogens with zero attached hydrogens (tertiary/aromatic N) is 2. The van der Waals surface area contributed by atoms with Gasteiger partial charge in [-0.2, -0.15) is 0 Å². The SMILES string of the molecule is O=C(Nc1cccnc1)[C@H]1C[C@]12CCN(C(=O)NCc1ccccc1)C2. The van der Waals surface area contributed by atoms with Crippen LogP contribution in [-0.2, 0) is 11.3 Å². The molecule has 1 aromatic heterocycles. The second-order valence-electron chi connectivity index (χ2n) is 7.17. The van der Waals surface area contributed by atoms with E-state index < -0.39 is 0 Å². The number of rotatable bonds is 4. The van der Waals surface area contributed by atoms with Crippen molar-refractivity contribution in [2.75, 3.05) is 18.4 Å². The molecule has 0 bridgehead atoms. The van der Waals surface area contributed by atoms with Crippen LogP contribution in [0.1, 0.15) is 18.4 Å². The third-order valence-electron chi connectivity index (χ3n) is 5.39. The van der Waals surface area contributed by atoms with Gasteiger partial charge in [-0.1, -0.05) is 30.3 Å². The molecule has 2 aromatic rings. The summed E-state index contributed by atoms with van der Waals surface area (Å²) in [5, 5.41) is 5.89. The summed E-state index contributed by atoms with van der Waals surface area (Å²) < 4.78 is 0. The maximum Gasteiger partial charge on any atom is 0.317 e. The summed E-state index contributed by atoms with van der Waals surface area (Å²) in [6, 6.07) is 13.4. The summed E-state index contributed by atoms with van der Waals surface area (Å²) in [5.74, 6) is 0.0131. The van der Waals surface area contributed by atoms with Gasteiger partial charge in [-0.3, -0.25) is 9.78 Å². The van der Waals surface area contributed by atoms with Gasteiger partial charge in [0.15, 0.2) is 0 Å². The van der Waals surface area contributed by atoms with E-state index in [1.807, 2.05) is 41.3 Å². The average Bonchev–Trinajstić information content (AvgIpc) is 3.21. The maximum atomic E-state index is 12.5. The molecule has 2 atom stereocenters. The van der Waals surface area contributed by atoms with Crippen molar-refractivity contribution in [2.45, 2.75) is 19.4 Å². The van der Waals surface area contributed by atoms with Crippen molar-refractivity contribution < 1.29 is 9.59 Å². The Morgan fingerprint density at radius 2 is 2.04 bits per heavy atom. The quantitative estimate of drug-likeness (QED) is 0.890. The molecule has 2 aliphatic rings. The molecule has 134 valence electrons. The first-order valence-corrected chi connectivity index (χ1v) is 8.94. The minimum absolute atomic E-state index is 0.0189. The van der Waals surface area contributed by atoms with Crippen LogP contribution in [0.2, 0.25) is 0 Å². The Labute approximate surface area is 152 Å². The Kier molecular flexibility index (Phi) is 4.32. The van der Waals surface area contributed by atoms with Gasteiger partial charge < -0.3 is 15.5 Å². The predicted octanol–water partition coefficient (Wildman–Crippen LogP) is 2.64. The number of pyridine rings is 1. The second-order valence-corrected chi connectivity index (χ2v) is 7.17. The van der Waals surface area contributed by atoms with Gasteiger partial charge in [-0.25, -0.2) is 4.79 Å². The molecule has 2 heterocycles. The molecule has 0 unspecified atom stereocenters. The van der Waals surface area contributed by atoms with Gasteiger partial charge in [0.1, 0.15) is 0 Å². The van der Waals surface area contributed by atoms with Crippen molar-refractivity contribution in [3.05, 3.63) is 60.4 Å². The lowest BCUT2D eigenvalue weighted by Crippen LogP contribution is -2.38. The molecule has 1 spiro atoms. The van der Waals surface area contributed by atoms with Crippen LogP contribution in [0.5, 0.6) is 0 Å². The summed E-state index contributed by atoms with van der Waals surface area (Å²) in [6.45, 7) is 1.88. The molecule has 3 amide bonds. The number of benzene rings is 1. The van der Waals surface area contributed by atoms with E-state index in [-0.39, 0.29) is 23.3 Å². The number of carbonyl (C=O) groups is 2. The monoisotopic (exact) mass is 350 g/mol. The summed E-state index contributed by atoms with van der Waals surface area (Å²) >= 11 is 0. The number of hydrogen-bond donors (Lipinski definition) is 2. The van der Waals surface area contributed by atoms with Crippen molar-refractivity contribution >= 4 is 17.6 Å². The number of urea groups is 1. The molecule has 0 radical (unpaired) electrons. The molecule has 1 aliphatic heterocycles. The lowest BCUT2D eigenvalue weighted by molar-refractivity contribution is -0.118. The largest absolute Gasteiger partial charge is 0.334 e. The third-order valence-corrected chi connectivity index (χ3v) is 5.39. The fourth-order valence-corrected chi connectivity index (χ4v) is 3.79. The third kappa shape index (κ3) is 3.40. The Hall–Kier alpha value is -2.89. The second kappa shape index (κ2) is 6.78. The highest BCUT2D eigenvalue weighted by Crippen LogP contribution is 2.58. The zero-order chi connectivity index (χ0) is 18.0. The fraction of sp³-hybridized carbons (Fsp3) is 0.350. The minimum atomic E-state index is -0.0518. The molecular formula is C20H22N4O2. The summed E-state index contributed by atoms with van der Waals surface area (Å²) in [7, 11) is 0. The van der Waals surface area contributed by atoms with E-state index >= 15 is 0 Å². The molecule has 4 rings (SSSR count). The van der Waals surface area contributed by atoms with Crippen LogP contribution in [0, 0.1) is 11.3 Å². The van der Waals surface area contributed by atoms with Crippen LogP contribution < -0.4 is 10.6 Å².